The molecule has 0 saturated heterocycles. The van der Waals surface area contributed by atoms with Crippen LogP contribution >= 0.6 is 0 Å². The van der Waals surface area contributed by atoms with Gasteiger partial charge in [-0.3, -0.25) is 0 Å². The second-order valence-corrected chi connectivity index (χ2v) is 7.54. The summed E-state index contributed by atoms with van der Waals surface area (Å²) in [5, 5.41) is 10.5. The molecule has 0 amide bonds. The summed E-state index contributed by atoms with van der Waals surface area (Å²) in [6, 6.07) is 15.2. The van der Waals surface area contributed by atoms with Crippen molar-refractivity contribution in [3.63, 3.8) is 0 Å². The number of fused-ring (bicyclic) bond motifs is 1. The summed E-state index contributed by atoms with van der Waals surface area (Å²) < 4.78 is 16.1. The van der Waals surface area contributed by atoms with E-state index < -0.39 is 5.82 Å². The quantitative estimate of drug-likeness (QED) is 0.504. The van der Waals surface area contributed by atoms with Crippen molar-refractivity contribution >= 4 is 17.5 Å². The van der Waals surface area contributed by atoms with Crippen molar-refractivity contribution in [1.82, 2.24) is 24.7 Å². The van der Waals surface area contributed by atoms with E-state index in [1.165, 1.54) is 22.6 Å². The van der Waals surface area contributed by atoms with Crippen LogP contribution in [0, 0.1) is 12.7 Å². The van der Waals surface area contributed by atoms with Gasteiger partial charge in [-0.05, 0) is 43.5 Å². The first-order valence-electron chi connectivity index (χ1n) is 10.2. The highest BCUT2D eigenvalue weighted by Gasteiger charge is 2.29. The number of nitrogens with one attached hydrogen (secondary N) is 2. The van der Waals surface area contributed by atoms with Crippen LogP contribution in [0.5, 0.6) is 0 Å². The SMILES string of the molecule is CNc1nc(Nc2ccc(-n3cnc(C)n3)c(F)c2)nc2c1CCC2c1ccccc1. The highest BCUT2D eigenvalue weighted by atomic mass is 19.1. The van der Waals surface area contributed by atoms with E-state index in [2.05, 4.69) is 37.8 Å². The van der Waals surface area contributed by atoms with Crippen LogP contribution in [0.3, 0.4) is 0 Å². The molecule has 0 bridgehead atoms. The molecule has 0 aliphatic heterocycles. The Hall–Kier alpha value is -3.81. The van der Waals surface area contributed by atoms with Crippen LogP contribution < -0.4 is 10.6 Å². The van der Waals surface area contributed by atoms with Crippen LogP contribution in [-0.2, 0) is 6.42 Å². The third-order valence-corrected chi connectivity index (χ3v) is 5.55. The maximum Gasteiger partial charge on any atom is 0.229 e. The Balaban J connectivity index is 1.47. The molecule has 2 N–H and O–H groups in total. The molecule has 8 heteroatoms. The Kier molecular flexibility index (Phi) is 4.82. The minimum absolute atomic E-state index is 0.224. The van der Waals surface area contributed by atoms with Crippen molar-refractivity contribution in [3.8, 4) is 5.69 Å². The molecule has 0 radical (unpaired) electrons. The van der Waals surface area contributed by atoms with Gasteiger partial charge in [0.1, 0.15) is 23.7 Å². The van der Waals surface area contributed by atoms with E-state index in [1.54, 1.807) is 19.1 Å². The molecule has 156 valence electrons. The van der Waals surface area contributed by atoms with E-state index in [-0.39, 0.29) is 5.92 Å². The standard InChI is InChI=1S/C23H22FN7/c1-14-26-13-31(30-14)20-11-8-16(12-19(20)24)27-23-28-21-17(15-6-4-3-5-7-15)9-10-18(21)22(25-2)29-23/h3-8,11-13,17H,9-10H2,1-2H3,(H2,25,27,28,29). The Morgan fingerprint density at radius 2 is 1.94 bits per heavy atom. The van der Waals surface area contributed by atoms with E-state index >= 15 is 0 Å². The van der Waals surface area contributed by atoms with Crippen LogP contribution in [0.4, 0.5) is 21.8 Å². The number of hydrogen-bond acceptors (Lipinski definition) is 6. The molecular weight excluding hydrogens is 393 g/mol. The number of anilines is 3. The topological polar surface area (TPSA) is 80.5 Å². The van der Waals surface area contributed by atoms with Crippen molar-refractivity contribution < 1.29 is 4.39 Å². The summed E-state index contributed by atoms with van der Waals surface area (Å²) in [6.45, 7) is 1.76. The lowest BCUT2D eigenvalue weighted by atomic mass is 9.97. The van der Waals surface area contributed by atoms with E-state index in [4.69, 9.17) is 4.98 Å². The smallest absolute Gasteiger partial charge is 0.229 e. The number of halogens is 1. The first-order chi connectivity index (χ1) is 15.1. The van der Waals surface area contributed by atoms with Crippen molar-refractivity contribution in [2.24, 2.45) is 0 Å². The lowest BCUT2D eigenvalue weighted by Gasteiger charge is -2.15. The molecule has 0 fully saturated rings. The zero-order chi connectivity index (χ0) is 21.4. The van der Waals surface area contributed by atoms with Crippen LogP contribution in [0.25, 0.3) is 5.69 Å². The van der Waals surface area contributed by atoms with Gasteiger partial charge in [0.15, 0.2) is 5.82 Å². The Bertz CT molecular complexity index is 1240. The molecule has 1 unspecified atom stereocenters. The fourth-order valence-electron chi connectivity index (χ4n) is 4.10. The largest absolute Gasteiger partial charge is 0.373 e. The van der Waals surface area contributed by atoms with Gasteiger partial charge in [-0.15, -0.1) is 0 Å². The van der Waals surface area contributed by atoms with Crippen molar-refractivity contribution in [3.05, 3.63) is 83.3 Å². The van der Waals surface area contributed by atoms with Crippen molar-refractivity contribution in [2.75, 3.05) is 17.7 Å². The average molecular weight is 415 g/mol. The summed E-state index contributed by atoms with van der Waals surface area (Å²) in [5.41, 5.74) is 4.30. The zero-order valence-electron chi connectivity index (χ0n) is 17.3. The predicted molar refractivity (Wildman–Crippen MR) is 118 cm³/mol. The van der Waals surface area contributed by atoms with Gasteiger partial charge in [0.25, 0.3) is 0 Å². The third-order valence-electron chi connectivity index (χ3n) is 5.55. The minimum Gasteiger partial charge on any atom is -0.373 e. The van der Waals surface area contributed by atoms with Gasteiger partial charge in [-0.25, -0.2) is 19.0 Å². The lowest BCUT2D eigenvalue weighted by Crippen LogP contribution is -2.08. The lowest BCUT2D eigenvalue weighted by molar-refractivity contribution is 0.610. The first kappa shape index (κ1) is 19.2. The third kappa shape index (κ3) is 3.61. The normalized spacial score (nSPS) is 15.0. The number of aromatic nitrogens is 5. The highest BCUT2D eigenvalue weighted by molar-refractivity contribution is 5.61. The van der Waals surface area contributed by atoms with E-state index in [9.17, 15) is 4.39 Å². The van der Waals surface area contributed by atoms with Gasteiger partial charge >= 0.3 is 0 Å². The van der Waals surface area contributed by atoms with Gasteiger partial charge in [-0.1, -0.05) is 30.3 Å². The summed E-state index contributed by atoms with van der Waals surface area (Å²) >= 11 is 0. The molecule has 7 nitrogen and oxygen atoms in total. The summed E-state index contributed by atoms with van der Waals surface area (Å²) in [6.07, 6.45) is 3.41. The van der Waals surface area contributed by atoms with Gasteiger partial charge < -0.3 is 10.6 Å². The van der Waals surface area contributed by atoms with Gasteiger partial charge in [0.2, 0.25) is 5.95 Å². The van der Waals surface area contributed by atoms with Crippen molar-refractivity contribution in [2.45, 2.75) is 25.7 Å². The molecule has 1 atom stereocenters. The van der Waals surface area contributed by atoms with Crippen LogP contribution in [-0.4, -0.2) is 31.8 Å². The summed E-state index contributed by atoms with van der Waals surface area (Å²) in [7, 11) is 1.86. The molecule has 2 heterocycles. The van der Waals surface area contributed by atoms with E-state index in [0.29, 0.717) is 23.1 Å². The number of benzene rings is 2. The van der Waals surface area contributed by atoms with Gasteiger partial charge in [-0.2, -0.15) is 10.1 Å². The Labute approximate surface area is 179 Å². The molecule has 2 aromatic carbocycles. The molecule has 4 aromatic rings. The van der Waals surface area contributed by atoms with E-state index in [1.807, 2.05) is 25.2 Å². The molecule has 31 heavy (non-hydrogen) atoms. The molecular formula is C23H22FN7. The summed E-state index contributed by atoms with van der Waals surface area (Å²) in [5.74, 6) is 1.64. The summed E-state index contributed by atoms with van der Waals surface area (Å²) in [4.78, 5) is 13.5. The number of nitrogens with zero attached hydrogens (tertiary/aromatic N) is 5. The van der Waals surface area contributed by atoms with Crippen molar-refractivity contribution in [1.29, 1.82) is 0 Å². The van der Waals surface area contributed by atoms with E-state index in [0.717, 1.165) is 29.9 Å². The maximum absolute atomic E-state index is 14.7. The fraction of sp³-hybridized carbons (Fsp3) is 0.217. The Morgan fingerprint density at radius 3 is 2.65 bits per heavy atom. The Morgan fingerprint density at radius 1 is 1.10 bits per heavy atom. The molecule has 0 spiro atoms. The molecule has 2 aromatic heterocycles. The first-order valence-corrected chi connectivity index (χ1v) is 10.2. The predicted octanol–water partition coefficient (Wildman–Crippen LogP) is 4.37. The average Bonchev–Trinajstić information content (AvgIpc) is 3.40. The van der Waals surface area contributed by atoms with Crippen LogP contribution in [0.15, 0.2) is 54.9 Å². The monoisotopic (exact) mass is 415 g/mol. The molecule has 0 saturated carbocycles. The minimum atomic E-state index is -0.410. The van der Waals surface area contributed by atoms with Gasteiger partial charge in [0.05, 0.1) is 5.69 Å². The fourth-order valence-corrected chi connectivity index (χ4v) is 4.10. The number of hydrogen-bond donors (Lipinski definition) is 2. The maximum atomic E-state index is 14.7. The second-order valence-electron chi connectivity index (χ2n) is 7.54. The highest BCUT2D eigenvalue weighted by Crippen LogP contribution is 2.40. The zero-order valence-corrected chi connectivity index (χ0v) is 17.3. The number of aryl methyl sites for hydroxylation is 1. The van der Waals surface area contributed by atoms with Crippen LogP contribution in [0.1, 0.15) is 35.0 Å². The number of rotatable bonds is 5. The molecule has 1 aliphatic rings. The second kappa shape index (κ2) is 7.79. The molecule has 1 aliphatic carbocycles. The molecule has 5 rings (SSSR count). The van der Waals surface area contributed by atoms with Crippen LogP contribution in [0.2, 0.25) is 0 Å². The van der Waals surface area contributed by atoms with Gasteiger partial charge in [0, 0.05) is 24.2 Å².